The van der Waals surface area contributed by atoms with Gasteiger partial charge >= 0.3 is 0 Å². The molecule has 19 heavy (non-hydrogen) atoms. The highest BCUT2D eigenvalue weighted by Crippen LogP contribution is 2.23. The van der Waals surface area contributed by atoms with Crippen molar-refractivity contribution in [1.29, 1.82) is 0 Å². The Bertz CT molecular complexity index is 516. The summed E-state index contributed by atoms with van der Waals surface area (Å²) >= 11 is 3.07. The summed E-state index contributed by atoms with van der Waals surface area (Å²) in [6, 6.07) is 5.74. The minimum atomic E-state index is -0.584. The van der Waals surface area contributed by atoms with Crippen LogP contribution in [0.15, 0.2) is 34.0 Å². The Morgan fingerprint density at radius 2 is 2.16 bits per heavy atom. The van der Waals surface area contributed by atoms with E-state index < -0.39 is 6.10 Å². The van der Waals surface area contributed by atoms with Crippen LogP contribution in [0.2, 0.25) is 0 Å². The Labute approximate surface area is 119 Å². The lowest BCUT2D eigenvalue weighted by Gasteiger charge is -2.11. The molecule has 2 aromatic rings. The Balaban J connectivity index is 1.72. The van der Waals surface area contributed by atoms with Gasteiger partial charge in [0.15, 0.2) is 0 Å². The highest BCUT2D eigenvalue weighted by molar-refractivity contribution is 8.01. The van der Waals surface area contributed by atoms with Gasteiger partial charge in [-0.25, -0.2) is 9.37 Å². The van der Waals surface area contributed by atoms with E-state index in [1.165, 1.54) is 23.9 Å². The van der Waals surface area contributed by atoms with Gasteiger partial charge in [-0.15, -0.1) is 11.3 Å². The van der Waals surface area contributed by atoms with E-state index in [2.05, 4.69) is 4.98 Å². The van der Waals surface area contributed by atoms with Gasteiger partial charge in [0.1, 0.15) is 22.5 Å². The maximum atomic E-state index is 12.7. The second-order valence-corrected chi connectivity index (χ2v) is 6.11. The molecular weight excluding hydrogens is 285 g/mol. The number of hydrogen-bond acceptors (Lipinski definition) is 5. The van der Waals surface area contributed by atoms with Gasteiger partial charge in [-0.1, -0.05) is 11.8 Å². The number of ether oxygens (including phenoxy) is 1. The Morgan fingerprint density at radius 1 is 1.42 bits per heavy atom. The molecule has 0 saturated carbocycles. The zero-order chi connectivity index (χ0) is 13.7. The molecule has 0 aliphatic heterocycles. The van der Waals surface area contributed by atoms with E-state index in [9.17, 15) is 9.50 Å². The van der Waals surface area contributed by atoms with Gasteiger partial charge in [0.25, 0.3) is 0 Å². The summed E-state index contributed by atoms with van der Waals surface area (Å²) in [7, 11) is 0. The van der Waals surface area contributed by atoms with Crippen LogP contribution in [0.1, 0.15) is 5.69 Å². The van der Waals surface area contributed by atoms with Crippen LogP contribution >= 0.6 is 23.1 Å². The number of aliphatic hydroxyl groups is 1. The summed E-state index contributed by atoms with van der Waals surface area (Å²) in [5.74, 6) is 0.770. The number of hydrogen-bond donors (Lipinski definition) is 1. The average Bonchev–Trinajstić information content (AvgIpc) is 2.81. The second-order valence-electron chi connectivity index (χ2n) is 3.98. The lowest BCUT2D eigenvalue weighted by molar-refractivity contribution is 0.126. The maximum Gasteiger partial charge on any atom is 0.150 e. The molecule has 1 aromatic heterocycles. The van der Waals surface area contributed by atoms with Crippen LogP contribution in [0.5, 0.6) is 5.75 Å². The number of rotatable bonds is 6. The zero-order valence-corrected chi connectivity index (χ0v) is 12.0. The molecule has 0 saturated heterocycles. The summed E-state index contributed by atoms with van der Waals surface area (Å²) in [5.41, 5.74) is 0.990. The fourth-order valence-electron chi connectivity index (χ4n) is 1.34. The summed E-state index contributed by atoms with van der Waals surface area (Å²) in [4.78, 5) is 4.30. The normalized spacial score (nSPS) is 12.4. The number of nitrogens with zero attached hydrogens (tertiary/aromatic N) is 1. The molecule has 1 heterocycles. The van der Waals surface area contributed by atoms with Gasteiger partial charge in [-0.2, -0.15) is 0 Å². The lowest BCUT2D eigenvalue weighted by Crippen LogP contribution is -2.20. The molecular formula is C13H14FNO2S2. The third kappa shape index (κ3) is 4.81. The predicted octanol–water partition coefficient (Wildman–Crippen LogP) is 3.12. The SMILES string of the molecule is Cc1csc(SC[C@@H](O)COc2ccc(F)cc2)n1. The number of halogens is 1. The Morgan fingerprint density at radius 3 is 2.79 bits per heavy atom. The number of thiazole rings is 1. The topological polar surface area (TPSA) is 42.4 Å². The molecule has 0 aliphatic carbocycles. The number of aromatic nitrogens is 1. The zero-order valence-electron chi connectivity index (χ0n) is 10.4. The van der Waals surface area contributed by atoms with E-state index in [1.807, 2.05) is 12.3 Å². The molecule has 102 valence electrons. The first-order chi connectivity index (χ1) is 9.13. The average molecular weight is 299 g/mol. The first kappa shape index (κ1) is 14.3. The molecule has 0 aliphatic rings. The number of aryl methyl sites for hydroxylation is 1. The van der Waals surface area contributed by atoms with Crippen LogP contribution in [-0.2, 0) is 0 Å². The van der Waals surface area contributed by atoms with Crippen molar-refractivity contribution >= 4 is 23.1 Å². The Kier molecular flexibility index (Phi) is 5.18. The molecule has 0 fully saturated rings. The smallest absolute Gasteiger partial charge is 0.150 e. The van der Waals surface area contributed by atoms with Gasteiger partial charge in [0, 0.05) is 16.8 Å². The van der Waals surface area contributed by atoms with Crippen LogP contribution in [0.25, 0.3) is 0 Å². The molecule has 2 rings (SSSR count). The summed E-state index contributed by atoms with van der Waals surface area (Å²) in [5, 5.41) is 11.8. The standard InChI is InChI=1S/C13H14FNO2S2/c1-9-7-18-13(15-9)19-8-11(16)6-17-12-4-2-10(14)3-5-12/h2-5,7,11,16H,6,8H2,1H3/t11-/m0/s1. The highest BCUT2D eigenvalue weighted by Gasteiger charge is 2.08. The Hall–Kier alpha value is -1.11. The van der Waals surface area contributed by atoms with Crippen molar-refractivity contribution in [3.63, 3.8) is 0 Å². The van der Waals surface area contributed by atoms with Crippen molar-refractivity contribution in [3.8, 4) is 5.75 Å². The lowest BCUT2D eigenvalue weighted by atomic mass is 10.3. The van der Waals surface area contributed by atoms with Crippen LogP contribution in [0.3, 0.4) is 0 Å². The van der Waals surface area contributed by atoms with Crippen molar-refractivity contribution in [2.75, 3.05) is 12.4 Å². The maximum absolute atomic E-state index is 12.7. The molecule has 1 N–H and O–H groups in total. The van der Waals surface area contributed by atoms with E-state index in [4.69, 9.17) is 4.74 Å². The van der Waals surface area contributed by atoms with Crippen LogP contribution in [0, 0.1) is 12.7 Å². The second kappa shape index (κ2) is 6.88. The predicted molar refractivity (Wildman–Crippen MR) is 75.5 cm³/mol. The molecule has 0 unspecified atom stereocenters. The van der Waals surface area contributed by atoms with Crippen molar-refractivity contribution in [3.05, 3.63) is 41.2 Å². The largest absolute Gasteiger partial charge is 0.491 e. The first-order valence-electron chi connectivity index (χ1n) is 5.75. The van der Waals surface area contributed by atoms with E-state index >= 15 is 0 Å². The quantitative estimate of drug-likeness (QED) is 0.832. The van der Waals surface area contributed by atoms with E-state index in [0.717, 1.165) is 10.0 Å². The fraction of sp³-hybridized carbons (Fsp3) is 0.308. The minimum absolute atomic E-state index is 0.184. The number of thioether (sulfide) groups is 1. The first-order valence-corrected chi connectivity index (χ1v) is 7.61. The monoisotopic (exact) mass is 299 g/mol. The number of aliphatic hydroxyl groups excluding tert-OH is 1. The molecule has 0 radical (unpaired) electrons. The van der Waals surface area contributed by atoms with Crippen molar-refractivity contribution < 1.29 is 14.2 Å². The van der Waals surface area contributed by atoms with E-state index in [0.29, 0.717) is 11.5 Å². The number of benzene rings is 1. The third-order valence-electron chi connectivity index (χ3n) is 2.25. The summed E-state index contributed by atoms with van der Waals surface area (Å²) in [6.07, 6.45) is -0.584. The summed E-state index contributed by atoms with van der Waals surface area (Å²) < 4.78 is 19.0. The van der Waals surface area contributed by atoms with Gasteiger partial charge < -0.3 is 9.84 Å². The third-order valence-corrected chi connectivity index (χ3v) is 4.54. The minimum Gasteiger partial charge on any atom is -0.491 e. The van der Waals surface area contributed by atoms with Crippen molar-refractivity contribution in [2.24, 2.45) is 0 Å². The molecule has 1 atom stereocenters. The van der Waals surface area contributed by atoms with Gasteiger partial charge in [-0.3, -0.25) is 0 Å². The van der Waals surface area contributed by atoms with Crippen LogP contribution < -0.4 is 4.74 Å². The molecule has 3 nitrogen and oxygen atoms in total. The van der Waals surface area contributed by atoms with Gasteiger partial charge in [0.2, 0.25) is 0 Å². The van der Waals surface area contributed by atoms with Crippen LogP contribution in [-0.4, -0.2) is 28.6 Å². The fourth-order valence-corrected chi connectivity index (χ4v) is 3.12. The molecule has 0 amide bonds. The van der Waals surface area contributed by atoms with Crippen molar-refractivity contribution in [1.82, 2.24) is 4.98 Å². The van der Waals surface area contributed by atoms with Crippen LogP contribution in [0.4, 0.5) is 4.39 Å². The molecule has 1 aromatic carbocycles. The summed E-state index contributed by atoms with van der Waals surface area (Å²) in [6.45, 7) is 2.12. The van der Waals surface area contributed by atoms with Gasteiger partial charge in [-0.05, 0) is 31.2 Å². The molecule has 0 spiro atoms. The highest BCUT2D eigenvalue weighted by atomic mass is 32.2. The van der Waals surface area contributed by atoms with E-state index in [1.54, 1.807) is 23.5 Å². The molecule has 6 heteroatoms. The van der Waals surface area contributed by atoms with Gasteiger partial charge in [0.05, 0.1) is 6.10 Å². The van der Waals surface area contributed by atoms with E-state index in [-0.39, 0.29) is 12.4 Å². The van der Waals surface area contributed by atoms with Crippen molar-refractivity contribution in [2.45, 2.75) is 17.4 Å². The molecule has 0 bridgehead atoms.